The van der Waals surface area contributed by atoms with E-state index in [2.05, 4.69) is 29.4 Å². The average molecular weight is 220 g/mol. The van der Waals surface area contributed by atoms with Crippen molar-refractivity contribution in [3.8, 4) is 0 Å². The van der Waals surface area contributed by atoms with Crippen LogP contribution in [0.5, 0.6) is 0 Å². The molecule has 1 aliphatic rings. The van der Waals surface area contributed by atoms with Gasteiger partial charge in [-0.05, 0) is 25.0 Å². The molecule has 1 saturated carbocycles. The molecular formula is C13H20N2O. The zero-order valence-corrected chi connectivity index (χ0v) is 9.76. The number of anilines is 1. The van der Waals surface area contributed by atoms with E-state index in [1.807, 2.05) is 18.2 Å². The van der Waals surface area contributed by atoms with Crippen molar-refractivity contribution >= 4 is 5.69 Å². The first-order chi connectivity index (χ1) is 7.79. The van der Waals surface area contributed by atoms with Crippen molar-refractivity contribution in [2.24, 2.45) is 0 Å². The van der Waals surface area contributed by atoms with Crippen molar-refractivity contribution in [2.45, 2.75) is 24.9 Å². The monoisotopic (exact) mass is 220 g/mol. The molecule has 2 N–H and O–H groups in total. The molecule has 0 radical (unpaired) electrons. The first kappa shape index (κ1) is 11.4. The zero-order chi connectivity index (χ0) is 11.4. The summed E-state index contributed by atoms with van der Waals surface area (Å²) >= 11 is 0. The van der Waals surface area contributed by atoms with Gasteiger partial charge in [0.1, 0.15) is 0 Å². The van der Waals surface area contributed by atoms with Crippen molar-refractivity contribution in [2.75, 3.05) is 25.1 Å². The molecule has 0 heterocycles. The van der Waals surface area contributed by atoms with Gasteiger partial charge in [-0.1, -0.05) is 18.2 Å². The molecule has 1 atom stereocenters. The van der Waals surface area contributed by atoms with Gasteiger partial charge in [-0.25, -0.2) is 0 Å². The minimum absolute atomic E-state index is 0.178. The highest BCUT2D eigenvalue weighted by Gasteiger charge is 2.24. The quantitative estimate of drug-likeness (QED) is 0.757. The lowest BCUT2D eigenvalue weighted by Gasteiger charge is -2.25. The number of aliphatic hydroxyl groups excluding tert-OH is 1. The molecule has 0 aromatic heterocycles. The van der Waals surface area contributed by atoms with Gasteiger partial charge in [-0.3, -0.25) is 0 Å². The Hall–Kier alpha value is -1.06. The van der Waals surface area contributed by atoms with Crippen LogP contribution in [-0.4, -0.2) is 37.4 Å². The highest BCUT2D eigenvalue weighted by atomic mass is 16.3. The Labute approximate surface area is 97.1 Å². The van der Waals surface area contributed by atoms with Crippen LogP contribution >= 0.6 is 0 Å². The van der Waals surface area contributed by atoms with Gasteiger partial charge in [-0.2, -0.15) is 0 Å². The summed E-state index contributed by atoms with van der Waals surface area (Å²) in [6.07, 6.45) is 2.51. The number of hydrogen-bond acceptors (Lipinski definition) is 3. The Morgan fingerprint density at radius 1 is 1.38 bits per heavy atom. The van der Waals surface area contributed by atoms with Crippen molar-refractivity contribution in [3.05, 3.63) is 30.3 Å². The normalized spacial score (nSPS) is 17.1. The number of aliphatic hydroxyl groups is 1. The van der Waals surface area contributed by atoms with E-state index in [-0.39, 0.29) is 12.6 Å². The van der Waals surface area contributed by atoms with Gasteiger partial charge in [0.15, 0.2) is 0 Å². The molecule has 0 amide bonds. The lowest BCUT2D eigenvalue weighted by atomic mass is 10.2. The van der Waals surface area contributed by atoms with Crippen LogP contribution in [0.2, 0.25) is 0 Å². The summed E-state index contributed by atoms with van der Waals surface area (Å²) < 4.78 is 0. The van der Waals surface area contributed by atoms with Gasteiger partial charge in [0.2, 0.25) is 0 Å². The SMILES string of the molecule is CN(CC(CO)NC1CC1)c1ccccc1. The molecule has 3 nitrogen and oxygen atoms in total. The van der Waals surface area contributed by atoms with Crippen LogP contribution in [0.25, 0.3) is 0 Å². The molecule has 0 aliphatic heterocycles. The first-order valence-electron chi connectivity index (χ1n) is 5.92. The van der Waals surface area contributed by atoms with Crippen LogP contribution < -0.4 is 10.2 Å². The van der Waals surface area contributed by atoms with Gasteiger partial charge in [0.05, 0.1) is 6.61 Å². The fourth-order valence-electron chi connectivity index (χ4n) is 1.86. The fourth-order valence-corrected chi connectivity index (χ4v) is 1.86. The highest BCUT2D eigenvalue weighted by Crippen LogP contribution is 2.20. The fraction of sp³-hybridized carbons (Fsp3) is 0.538. The maximum atomic E-state index is 9.31. The van der Waals surface area contributed by atoms with Crippen molar-refractivity contribution in [3.63, 3.8) is 0 Å². The minimum atomic E-state index is 0.178. The number of rotatable bonds is 6. The van der Waals surface area contributed by atoms with Gasteiger partial charge < -0.3 is 15.3 Å². The zero-order valence-electron chi connectivity index (χ0n) is 9.76. The molecular weight excluding hydrogens is 200 g/mol. The van der Waals surface area contributed by atoms with Crippen molar-refractivity contribution in [1.82, 2.24) is 5.32 Å². The second kappa shape index (κ2) is 5.32. The van der Waals surface area contributed by atoms with Gasteiger partial charge in [-0.15, -0.1) is 0 Å². The summed E-state index contributed by atoms with van der Waals surface area (Å²) in [5, 5.41) is 12.8. The summed E-state index contributed by atoms with van der Waals surface area (Å²) in [4.78, 5) is 2.18. The van der Waals surface area contributed by atoms with E-state index in [1.54, 1.807) is 0 Å². The average Bonchev–Trinajstić information content (AvgIpc) is 3.13. The third-order valence-electron chi connectivity index (χ3n) is 2.96. The van der Waals surface area contributed by atoms with Gasteiger partial charge in [0, 0.05) is 31.4 Å². The molecule has 16 heavy (non-hydrogen) atoms. The summed E-state index contributed by atoms with van der Waals surface area (Å²) in [7, 11) is 2.06. The van der Waals surface area contributed by atoms with E-state index in [0.29, 0.717) is 6.04 Å². The minimum Gasteiger partial charge on any atom is -0.395 e. The van der Waals surface area contributed by atoms with Crippen molar-refractivity contribution < 1.29 is 5.11 Å². The Balaban J connectivity index is 1.86. The third kappa shape index (κ3) is 3.22. The molecule has 88 valence electrons. The topological polar surface area (TPSA) is 35.5 Å². The maximum absolute atomic E-state index is 9.31. The maximum Gasteiger partial charge on any atom is 0.0602 e. The van der Waals surface area contributed by atoms with Crippen LogP contribution in [0.15, 0.2) is 30.3 Å². The lowest BCUT2D eigenvalue weighted by Crippen LogP contribution is -2.43. The largest absolute Gasteiger partial charge is 0.395 e. The third-order valence-corrected chi connectivity index (χ3v) is 2.96. The summed E-state index contributed by atoms with van der Waals surface area (Å²) in [6, 6.07) is 11.1. The molecule has 0 spiro atoms. The lowest BCUT2D eigenvalue weighted by molar-refractivity contribution is 0.243. The molecule has 2 rings (SSSR count). The molecule has 3 heteroatoms. The predicted octanol–water partition coefficient (Wildman–Crippen LogP) is 1.24. The van der Waals surface area contributed by atoms with E-state index < -0.39 is 0 Å². The standard InChI is InChI=1S/C13H20N2O/c1-15(13-5-3-2-4-6-13)9-12(10-16)14-11-7-8-11/h2-6,11-12,14,16H,7-10H2,1H3. The van der Waals surface area contributed by atoms with Crippen LogP contribution in [0.3, 0.4) is 0 Å². The van der Waals surface area contributed by atoms with Gasteiger partial charge in [0.25, 0.3) is 0 Å². The molecule has 0 bridgehead atoms. The van der Waals surface area contributed by atoms with E-state index in [4.69, 9.17) is 0 Å². The molecule has 1 unspecified atom stereocenters. The molecule has 1 aliphatic carbocycles. The van der Waals surface area contributed by atoms with Crippen LogP contribution in [-0.2, 0) is 0 Å². The molecule has 0 saturated heterocycles. The number of benzene rings is 1. The van der Waals surface area contributed by atoms with E-state index in [9.17, 15) is 5.11 Å². The Morgan fingerprint density at radius 3 is 2.62 bits per heavy atom. The summed E-state index contributed by atoms with van der Waals surface area (Å²) in [5.41, 5.74) is 1.19. The molecule has 1 aromatic rings. The molecule has 1 aromatic carbocycles. The van der Waals surface area contributed by atoms with Crippen LogP contribution in [0.4, 0.5) is 5.69 Å². The Bertz CT molecular complexity index is 311. The van der Waals surface area contributed by atoms with Crippen LogP contribution in [0, 0.1) is 0 Å². The number of hydrogen-bond donors (Lipinski definition) is 2. The molecule has 1 fully saturated rings. The van der Waals surface area contributed by atoms with Crippen LogP contribution in [0.1, 0.15) is 12.8 Å². The van der Waals surface area contributed by atoms with Crippen molar-refractivity contribution in [1.29, 1.82) is 0 Å². The highest BCUT2D eigenvalue weighted by molar-refractivity contribution is 5.45. The van der Waals surface area contributed by atoms with Gasteiger partial charge >= 0.3 is 0 Å². The number of nitrogens with zero attached hydrogens (tertiary/aromatic N) is 1. The second-order valence-electron chi connectivity index (χ2n) is 4.54. The number of nitrogens with one attached hydrogen (secondary N) is 1. The Kier molecular flexibility index (Phi) is 3.80. The second-order valence-corrected chi connectivity index (χ2v) is 4.54. The summed E-state index contributed by atoms with van der Waals surface area (Å²) in [6.45, 7) is 1.05. The van der Waals surface area contributed by atoms with E-state index in [0.717, 1.165) is 6.54 Å². The number of para-hydroxylation sites is 1. The smallest absolute Gasteiger partial charge is 0.0602 e. The first-order valence-corrected chi connectivity index (χ1v) is 5.92. The number of likely N-dealkylation sites (N-methyl/N-ethyl adjacent to an activating group) is 1. The predicted molar refractivity (Wildman–Crippen MR) is 66.7 cm³/mol. The Morgan fingerprint density at radius 2 is 2.06 bits per heavy atom. The summed E-state index contributed by atoms with van der Waals surface area (Å²) in [5.74, 6) is 0. The van der Waals surface area contributed by atoms with E-state index >= 15 is 0 Å². The van der Waals surface area contributed by atoms with E-state index in [1.165, 1.54) is 18.5 Å².